The van der Waals surface area contributed by atoms with Gasteiger partial charge in [-0.05, 0) is 37.3 Å². The number of ether oxygens (including phenoxy) is 1. The summed E-state index contributed by atoms with van der Waals surface area (Å²) in [6.45, 7) is 1.80. The van der Waals surface area contributed by atoms with Crippen LogP contribution in [0, 0.1) is 5.92 Å². The molecular formula is C19H24N2O5. The molecule has 2 fully saturated rings. The van der Waals surface area contributed by atoms with E-state index in [-0.39, 0.29) is 30.8 Å². The molecule has 0 saturated carbocycles. The molecule has 1 N–H and O–H groups in total. The number of carboxylic acid groups (broad SMARTS) is 1. The Labute approximate surface area is 152 Å². The van der Waals surface area contributed by atoms with Gasteiger partial charge in [0.25, 0.3) is 5.91 Å². The van der Waals surface area contributed by atoms with Crippen LogP contribution >= 0.6 is 0 Å². The van der Waals surface area contributed by atoms with E-state index in [0.717, 1.165) is 12.1 Å². The first kappa shape index (κ1) is 18.2. The molecule has 7 heteroatoms. The minimum atomic E-state index is -0.783. The number of rotatable bonds is 6. The minimum absolute atomic E-state index is 0.0546. The molecule has 0 aromatic heterocycles. The molecule has 140 valence electrons. The summed E-state index contributed by atoms with van der Waals surface area (Å²) >= 11 is 0. The lowest BCUT2D eigenvalue weighted by Gasteiger charge is -2.31. The molecule has 2 amide bonds. The topological polar surface area (TPSA) is 87.2 Å². The molecule has 1 aromatic carbocycles. The lowest BCUT2D eigenvalue weighted by atomic mass is 9.94. The molecule has 0 radical (unpaired) electrons. The number of anilines is 1. The largest absolute Gasteiger partial charge is 0.484 e. The molecule has 1 aromatic rings. The van der Waals surface area contributed by atoms with Crippen LogP contribution < -0.4 is 9.64 Å². The third-order valence-electron chi connectivity index (χ3n) is 5.00. The SMILES string of the molecule is O=C(O)CC1CCN(C(=O)COc2cccc(N3CCCC3=O)c2)CC1. The lowest BCUT2D eigenvalue weighted by Crippen LogP contribution is -2.41. The summed E-state index contributed by atoms with van der Waals surface area (Å²) in [5.41, 5.74) is 0.798. The third kappa shape index (κ3) is 4.53. The number of carbonyl (C=O) groups excluding carboxylic acids is 2. The number of aliphatic carboxylic acids is 1. The van der Waals surface area contributed by atoms with Crippen molar-refractivity contribution in [1.82, 2.24) is 4.90 Å². The van der Waals surface area contributed by atoms with Gasteiger partial charge in [0.05, 0.1) is 0 Å². The maximum Gasteiger partial charge on any atom is 0.303 e. The summed E-state index contributed by atoms with van der Waals surface area (Å²) in [6, 6.07) is 7.25. The number of hydrogen-bond acceptors (Lipinski definition) is 4. The highest BCUT2D eigenvalue weighted by molar-refractivity contribution is 5.95. The van der Waals surface area contributed by atoms with Gasteiger partial charge < -0.3 is 19.6 Å². The van der Waals surface area contributed by atoms with Gasteiger partial charge in [0.1, 0.15) is 5.75 Å². The Morgan fingerprint density at radius 1 is 1.19 bits per heavy atom. The Kier molecular flexibility index (Phi) is 5.75. The minimum Gasteiger partial charge on any atom is -0.484 e. The Morgan fingerprint density at radius 2 is 1.96 bits per heavy atom. The monoisotopic (exact) mass is 360 g/mol. The van der Waals surface area contributed by atoms with E-state index in [1.807, 2.05) is 12.1 Å². The lowest BCUT2D eigenvalue weighted by molar-refractivity contribution is -0.139. The van der Waals surface area contributed by atoms with E-state index < -0.39 is 5.97 Å². The van der Waals surface area contributed by atoms with Gasteiger partial charge in [-0.25, -0.2) is 0 Å². The fraction of sp³-hybridized carbons (Fsp3) is 0.526. The van der Waals surface area contributed by atoms with Crippen LogP contribution in [0.4, 0.5) is 5.69 Å². The summed E-state index contributed by atoms with van der Waals surface area (Å²) in [7, 11) is 0. The Bertz CT molecular complexity index is 682. The molecule has 2 aliphatic rings. The summed E-state index contributed by atoms with van der Waals surface area (Å²) in [6.07, 6.45) is 3.03. The molecular weight excluding hydrogens is 336 g/mol. The van der Waals surface area contributed by atoms with Crippen LogP contribution in [-0.4, -0.2) is 54.0 Å². The second kappa shape index (κ2) is 8.21. The fourth-order valence-electron chi connectivity index (χ4n) is 3.53. The molecule has 7 nitrogen and oxygen atoms in total. The number of likely N-dealkylation sites (tertiary alicyclic amines) is 1. The fourth-order valence-corrected chi connectivity index (χ4v) is 3.53. The maximum absolute atomic E-state index is 12.3. The summed E-state index contributed by atoms with van der Waals surface area (Å²) in [5, 5.41) is 8.84. The van der Waals surface area contributed by atoms with Gasteiger partial charge in [0.2, 0.25) is 5.91 Å². The van der Waals surface area contributed by atoms with E-state index in [1.54, 1.807) is 21.9 Å². The molecule has 0 atom stereocenters. The average molecular weight is 360 g/mol. The van der Waals surface area contributed by atoms with Gasteiger partial charge in [0.15, 0.2) is 6.61 Å². The average Bonchev–Trinajstić information content (AvgIpc) is 3.06. The van der Waals surface area contributed by atoms with E-state index in [0.29, 0.717) is 44.6 Å². The van der Waals surface area contributed by atoms with Gasteiger partial charge in [0, 0.05) is 44.2 Å². The first-order chi connectivity index (χ1) is 12.5. The van der Waals surface area contributed by atoms with Crippen LogP contribution in [0.2, 0.25) is 0 Å². The van der Waals surface area contributed by atoms with Crippen molar-refractivity contribution in [3.63, 3.8) is 0 Å². The van der Waals surface area contributed by atoms with Gasteiger partial charge in [-0.3, -0.25) is 14.4 Å². The van der Waals surface area contributed by atoms with E-state index in [9.17, 15) is 14.4 Å². The zero-order chi connectivity index (χ0) is 18.5. The second-order valence-electron chi connectivity index (χ2n) is 6.86. The number of piperidine rings is 1. The van der Waals surface area contributed by atoms with Gasteiger partial charge >= 0.3 is 5.97 Å². The van der Waals surface area contributed by atoms with Crippen LogP contribution in [0.5, 0.6) is 5.75 Å². The first-order valence-electron chi connectivity index (χ1n) is 9.06. The first-order valence-corrected chi connectivity index (χ1v) is 9.06. The van der Waals surface area contributed by atoms with Crippen molar-refractivity contribution in [2.45, 2.75) is 32.1 Å². The summed E-state index contributed by atoms with van der Waals surface area (Å²) in [4.78, 5) is 38.4. The Hall–Kier alpha value is -2.57. The number of amides is 2. The molecule has 0 unspecified atom stereocenters. The van der Waals surface area contributed by atoms with Crippen molar-refractivity contribution in [3.05, 3.63) is 24.3 Å². The maximum atomic E-state index is 12.3. The van der Waals surface area contributed by atoms with E-state index in [4.69, 9.17) is 9.84 Å². The van der Waals surface area contributed by atoms with Crippen molar-refractivity contribution in [2.75, 3.05) is 31.1 Å². The molecule has 2 heterocycles. The number of benzene rings is 1. The van der Waals surface area contributed by atoms with E-state index >= 15 is 0 Å². The number of hydrogen-bond donors (Lipinski definition) is 1. The molecule has 0 spiro atoms. The van der Waals surface area contributed by atoms with Crippen LogP contribution in [0.3, 0.4) is 0 Å². The quantitative estimate of drug-likeness (QED) is 0.837. The molecule has 0 aliphatic carbocycles. The van der Waals surface area contributed by atoms with Crippen LogP contribution in [-0.2, 0) is 14.4 Å². The molecule has 0 bridgehead atoms. The van der Waals surface area contributed by atoms with E-state index in [2.05, 4.69) is 0 Å². The third-order valence-corrected chi connectivity index (χ3v) is 5.00. The molecule has 2 saturated heterocycles. The Morgan fingerprint density at radius 3 is 2.62 bits per heavy atom. The number of carbonyl (C=O) groups is 3. The smallest absolute Gasteiger partial charge is 0.303 e. The molecule has 26 heavy (non-hydrogen) atoms. The summed E-state index contributed by atoms with van der Waals surface area (Å²) < 4.78 is 5.62. The van der Waals surface area contributed by atoms with Gasteiger partial charge in [-0.2, -0.15) is 0 Å². The van der Waals surface area contributed by atoms with Crippen molar-refractivity contribution in [1.29, 1.82) is 0 Å². The highest BCUT2D eigenvalue weighted by Gasteiger charge is 2.25. The normalized spacial score (nSPS) is 18.2. The van der Waals surface area contributed by atoms with Crippen LogP contribution in [0.25, 0.3) is 0 Å². The zero-order valence-corrected chi connectivity index (χ0v) is 14.7. The van der Waals surface area contributed by atoms with Crippen LogP contribution in [0.1, 0.15) is 32.1 Å². The zero-order valence-electron chi connectivity index (χ0n) is 14.7. The Balaban J connectivity index is 1.49. The van der Waals surface area contributed by atoms with Crippen molar-refractivity contribution < 1.29 is 24.2 Å². The summed E-state index contributed by atoms with van der Waals surface area (Å²) in [5.74, 6) is -0.0539. The highest BCUT2D eigenvalue weighted by Crippen LogP contribution is 2.25. The molecule has 2 aliphatic heterocycles. The number of carboxylic acids is 1. The van der Waals surface area contributed by atoms with Gasteiger partial charge in [-0.1, -0.05) is 6.07 Å². The van der Waals surface area contributed by atoms with Crippen molar-refractivity contribution >= 4 is 23.5 Å². The molecule has 3 rings (SSSR count). The number of nitrogens with zero attached hydrogens (tertiary/aromatic N) is 2. The second-order valence-corrected chi connectivity index (χ2v) is 6.86. The standard InChI is InChI=1S/C19H24N2O5/c22-17-5-2-8-21(17)15-3-1-4-16(12-15)26-13-18(23)20-9-6-14(7-10-20)11-19(24)25/h1,3-4,12,14H,2,5-11,13H2,(H,24,25). The van der Waals surface area contributed by atoms with Crippen LogP contribution in [0.15, 0.2) is 24.3 Å². The van der Waals surface area contributed by atoms with Crippen molar-refractivity contribution in [3.8, 4) is 5.75 Å². The predicted octanol–water partition coefficient (Wildman–Crippen LogP) is 1.91. The highest BCUT2D eigenvalue weighted by atomic mass is 16.5. The predicted molar refractivity (Wildman–Crippen MR) is 95.1 cm³/mol. The van der Waals surface area contributed by atoms with Crippen molar-refractivity contribution in [2.24, 2.45) is 5.92 Å². The van der Waals surface area contributed by atoms with E-state index in [1.165, 1.54) is 0 Å². The van der Waals surface area contributed by atoms with Gasteiger partial charge in [-0.15, -0.1) is 0 Å².